The third-order valence-electron chi connectivity index (χ3n) is 4.51. The van der Waals surface area contributed by atoms with Gasteiger partial charge in [0.2, 0.25) is 5.75 Å². The number of benzene rings is 2. The van der Waals surface area contributed by atoms with E-state index < -0.39 is 0 Å². The van der Waals surface area contributed by atoms with Crippen LogP contribution in [0.1, 0.15) is 10.4 Å². The number of aromatic nitrogens is 1. The second kappa shape index (κ2) is 9.25. The molecule has 0 saturated heterocycles. The summed E-state index contributed by atoms with van der Waals surface area (Å²) in [6.07, 6.45) is 0. The molecule has 1 heterocycles. The lowest BCUT2D eigenvalue weighted by atomic mass is 10.0. The summed E-state index contributed by atoms with van der Waals surface area (Å²) < 4.78 is 21.3. The second-order valence-electron chi connectivity index (χ2n) is 6.23. The minimum absolute atomic E-state index is 0.186. The number of amides is 1. The predicted molar refractivity (Wildman–Crippen MR) is 111 cm³/mol. The average molecular weight is 396 g/mol. The van der Waals surface area contributed by atoms with Crippen LogP contribution in [-0.4, -0.2) is 52.5 Å². The lowest BCUT2D eigenvalue weighted by Gasteiger charge is -2.15. The van der Waals surface area contributed by atoms with E-state index in [0.29, 0.717) is 41.7 Å². The van der Waals surface area contributed by atoms with Crippen molar-refractivity contribution in [1.29, 1.82) is 0 Å². The number of rotatable bonds is 8. The van der Waals surface area contributed by atoms with Gasteiger partial charge in [0.15, 0.2) is 11.5 Å². The molecule has 0 aliphatic heterocycles. The van der Waals surface area contributed by atoms with E-state index >= 15 is 0 Å². The van der Waals surface area contributed by atoms with Gasteiger partial charge in [0.05, 0.1) is 44.7 Å². The molecule has 3 rings (SSSR count). The van der Waals surface area contributed by atoms with Crippen LogP contribution in [0.25, 0.3) is 22.2 Å². The van der Waals surface area contributed by atoms with Gasteiger partial charge in [-0.15, -0.1) is 0 Å². The summed E-state index contributed by atoms with van der Waals surface area (Å²) in [4.78, 5) is 17.5. The summed E-state index contributed by atoms with van der Waals surface area (Å²) in [5.74, 6) is 1.34. The number of fused-ring (bicyclic) bond motifs is 1. The molecule has 2 aromatic carbocycles. The number of nitrogens with one attached hydrogen (secondary N) is 1. The van der Waals surface area contributed by atoms with Gasteiger partial charge in [-0.3, -0.25) is 4.79 Å². The van der Waals surface area contributed by atoms with Crippen LogP contribution in [0.3, 0.4) is 0 Å². The summed E-state index contributed by atoms with van der Waals surface area (Å²) in [5.41, 5.74) is 2.63. The van der Waals surface area contributed by atoms with Gasteiger partial charge in [-0.1, -0.05) is 18.2 Å². The van der Waals surface area contributed by atoms with Crippen molar-refractivity contribution < 1.29 is 23.7 Å². The molecule has 0 unspecified atom stereocenters. The van der Waals surface area contributed by atoms with Gasteiger partial charge in [0.1, 0.15) is 0 Å². The fourth-order valence-electron chi connectivity index (χ4n) is 3.10. The molecule has 0 fully saturated rings. The third-order valence-corrected chi connectivity index (χ3v) is 4.51. The van der Waals surface area contributed by atoms with Gasteiger partial charge < -0.3 is 24.3 Å². The SMILES string of the molecule is COCCNC(=O)c1cc(-c2cc(OC)c(OC)c(OC)c2)nc2ccccc12. The van der Waals surface area contributed by atoms with Crippen molar-refractivity contribution in [1.82, 2.24) is 10.3 Å². The van der Waals surface area contributed by atoms with Gasteiger partial charge in [-0.2, -0.15) is 0 Å². The highest BCUT2D eigenvalue weighted by Crippen LogP contribution is 2.41. The van der Waals surface area contributed by atoms with Crippen molar-refractivity contribution in [2.75, 3.05) is 41.6 Å². The maximum absolute atomic E-state index is 12.8. The van der Waals surface area contributed by atoms with E-state index in [1.807, 2.05) is 36.4 Å². The monoisotopic (exact) mass is 396 g/mol. The van der Waals surface area contributed by atoms with Gasteiger partial charge >= 0.3 is 0 Å². The number of para-hydroxylation sites is 1. The average Bonchev–Trinajstić information content (AvgIpc) is 2.77. The third kappa shape index (κ3) is 4.25. The first kappa shape index (κ1) is 20.4. The topological polar surface area (TPSA) is 78.9 Å². The first-order valence-corrected chi connectivity index (χ1v) is 9.10. The first-order chi connectivity index (χ1) is 14.1. The highest BCUT2D eigenvalue weighted by molar-refractivity contribution is 6.07. The van der Waals surface area contributed by atoms with Crippen molar-refractivity contribution in [3.63, 3.8) is 0 Å². The van der Waals surface area contributed by atoms with E-state index in [0.717, 1.165) is 16.5 Å². The number of hydrogen-bond acceptors (Lipinski definition) is 6. The van der Waals surface area contributed by atoms with Crippen LogP contribution in [0, 0.1) is 0 Å². The molecular weight excluding hydrogens is 372 g/mol. The van der Waals surface area contributed by atoms with Crippen molar-refractivity contribution >= 4 is 16.8 Å². The van der Waals surface area contributed by atoms with E-state index in [-0.39, 0.29) is 5.91 Å². The highest BCUT2D eigenvalue weighted by atomic mass is 16.5. The molecule has 0 bridgehead atoms. The Labute approximate surface area is 169 Å². The molecule has 0 saturated carbocycles. The van der Waals surface area contributed by atoms with E-state index in [2.05, 4.69) is 5.32 Å². The zero-order chi connectivity index (χ0) is 20.8. The van der Waals surface area contributed by atoms with Gasteiger partial charge in [-0.05, 0) is 24.3 Å². The number of pyridine rings is 1. The molecule has 0 radical (unpaired) electrons. The van der Waals surface area contributed by atoms with Crippen molar-refractivity contribution in [3.05, 3.63) is 48.0 Å². The van der Waals surface area contributed by atoms with Crippen molar-refractivity contribution in [2.45, 2.75) is 0 Å². The fraction of sp³-hybridized carbons (Fsp3) is 0.273. The Morgan fingerprint density at radius 2 is 1.66 bits per heavy atom. The van der Waals surface area contributed by atoms with Crippen LogP contribution < -0.4 is 19.5 Å². The van der Waals surface area contributed by atoms with Crippen LogP contribution >= 0.6 is 0 Å². The standard InChI is InChI=1S/C22H24N2O5/c1-26-10-9-23-22(25)16-13-18(24-17-8-6-5-7-15(16)17)14-11-19(27-2)21(29-4)20(12-14)28-3/h5-8,11-13H,9-10H2,1-4H3,(H,23,25). The summed E-state index contributed by atoms with van der Waals surface area (Å²) in [7, 11) is 6.26. The molecular formula is C22H24N2O5. The number of hydrogen-bond donors (Lipinski definition) is 1. The summed E-state index contributed by atoms with van der Waals surface area (Å²) in [6.45, 7) is 0.861. The van der Waals surface area contributed by atoms with Crippen LogP contribution in [0.2, 0.25) is 0 Å². The van der Waals surface area contributed by atoms with Crippen LogP contribution in [0.4, 0.5) is 0 Å². The minimum atomic E-state index is -0.186. The largest absolute Gasteiger partial charge is 0.493 e. The normalized spacial score (nSPS) is 10.6. The summed E-state index contributed by atoms with van der Waals surface area (Å²) in [6, 6.07) is 12.9. The van der Waals surface area contributed by atoms with Crippen molar-refractivity contribution in [3.8, 4) is 28.5 Å². The number of carbonyl (C=O) groups excluding carboxylic acids is 1. The number of nitrogens with zero attached hydrogens (tertiary/aromatic N) is 1. The predicted octanol–water partition coefficient (Wildman–Crippen LogP) is 3.30. The Kier molecular flexibility index (Phi) is 6.51. The van der Waals surface area contributed by atoms with Crippen molar-refractivity contribution in [2.24, 2.45) is 0 Å². The molecule has 0 spiro atoms. The molecule has 3 aromatic rings. The zero-order valence-corrected chi connectivity index (χ0v) is 16.9. The van der Waals surface area contributed by atoms with E-state index in [9.17, 15) is 4.79 Å². The number of ether oxygens (including phenoxy) is 4. The molecule has 152 valence electrons. The Bertz CT molecular complexity index is 994. The summed E-state index contributed by atoms with van der Waals surface area (Å²) >= 11 is 0. The molecule has 1 N–H and O–H groups in total. The Morgan fingerprint density at radius 3 is 2.28 bits per heavy atom. The van der Waals surface area contributed by atoms with E-state index in [1.165, 1.54) is 0 Å². The van der Waals surface area contributed by atoms with Gasteiger partial charge in [-0.25, -0.2) is 4.98 Å². The second-order valence-corrected chi connectivity index (χ2v) is 6.23. The van der Waals surface area contributed by atoms with E-state index in [4.69, 9.17) is 23.9 Å². The molecule has 0 atom stereocenters. The highest BCUT2D eigenvalue weighted by Gasteiger charge is 2.18. The Hall–Kier alpha value is -3.32. The molecule has 1 amide bonds. The van der Waals surface area contributed by atoms with Gasteiger partial charge in [0, 0.05) is 24.6 Å². The zero-order valence-electron chi connectivity index (χ0n) is 16.9. The van der Waals surface area contributed by atoms with Crippen LogP contribution in [0.5, 0.6) is 17.2 Å². The molecule has 29 heavy (non-hydrogen) atoms. The fourth-order valence-corrected chi connectivity index (χ4v) is 3.10. The molecule has 1 aromatic heterocycles. The number of carbonyl (C=O) groups is 1. The molecule has 0 aliphatic carbocycles. The Balaban J connectivity index is 2.14. The summed E-state index contributed by atoms with van der Waals surface area (Å²) in [5, 5.41) is 3.65. The molecule has 7 heteroatoms. The molecule has 0 aliphatic rings. The Morgan fingerprint density at radius 1 is 0.966 bits per heavy atom. The van der Waals surface area contributed by atoms with Gasteiger partial charge in [0.25, 0.3) is 5.91 Å². The maximum atomic E-state index is 12.8. The minimum Gasteiger partial charge on any atom is -0.493 e. The quantitative estimate of drug-likeness (QED) is 0.589. The maximum Gasteiger partial charge on any atom is 0.252 e. The molecule has 7 nitrogen and oxygen atoms in total. The van der Waals surface area contributed by atoms with Crippen LogP contribution in [0.15, 0.2) is 42.5 Å². The lowest BCUT2D eigenvalue weighted by molar-refractivity contribution is 0.0938. The van der Waals surface area contributed by atoms with Crippen LogP contribution in [-0.2, 0) is 4.74 Å². The first-order valence-electron chi connectivity index (χ1n) is 9.10. The smallest absolute Gasteiger partial charge is 0.252 e. The number of methoxy groups -OCH3 is 4. The lowest BCUT2D eigenvalue weighted by Crippen LogP contribution is -2.27. The van der Waals surface area contributed by atoms with E-state index in [1.54, 1.807) is 34.5 Å².